The molecule has 0 spiro atoms. The van der Waals surface area contributed by atoms with Crippen LogP contribution < -0.4 is 11.1 Å². The standard InChI is InChI=1S/C19H14FN3O4/c1-10-15(22-18(26-10)11-3-2-4-12(20)7-11)9-17(24)21-13-5-6-14-16(8-13)27-19(25)23-14/h2-8H,9H2,1H3,(H,21,24)(H,23,25). The van der Waals surface area contributed by atoms with Gasteiger partial charge < -0.3 is 14.2 Å². The molecular weight excluding hydrogens is 353 g/mol. The normalized spacial score (nSPS) is 11.0. The summed E-state index contributed by atoms with van der Waals surface area (Å²) in [6.45, 7) is 1.69. The second kappa shape index (κ2) is 6.56. The highest BCUT2D eigenvalue weighted by Gasteiger charge is 2.15. The van der Waals surface area contributed by atoms with E-state index >= 15 is 0 Å². The molecule has 2 N–H and O–H groups in total. The van der Waals surface area contributed by atoms with Crippen molar-refractivity contribution in [3.63, 3.8) is 0 Å². The van der Waals surface area contributed by atoms with E-state index in [-0.39, 0.29) is 18.2 Å². The number of aromatic amines is 1. The quantitative estimate of drug-likeness (QED) is 0.576. The molecule has 0 aliphatic rings. The second-order valence-corrected chi connectivity index (χ2v) is 5.98. The highest BCUT2D eigenvalue weighted by molar-refractivity contribution is 5.93. The number of amides is 1. The lowest BCUT2D eigenvalue weighted by atomic mass is 10.2. The van der Waals surface area contributed by atoms with Gasteiger partial charge in [-0.1, -0.05) is 6.07 Å². The Morgan fingerprint density at radius 1 is 1.22 bits per heavy atom. The molecule has 4 aromatic rings. The summed E-state index contributed by atoms with van der Waals surface area (Å²) in [5, 5.41) is 2.72. The van der Waals surface area contributed by atoms with Gasteiger partial charge in [-0.2, -0.15) is 0 Å². The number of H-pyrrole nitrogens is 1. The molecule has 0 atom stereocenters. The van der Waals surface area contributed by atoms with Crippen LogP contribution in [0.5, 0.6) is 0 Å². The maximum Gasteiger partial charge on any atom is 0.417 e. The zero-order valence-corrected chi connectivity index (χ0v) is 14.2. The van der Waals surface area contributed by atoms with E-state index in [0.717, 1.165) is 0 Å². The number of hydrogen-bond donors (Lipinski definition) is 2. The summed E-state index contributed by atoms with van der Waals surface area (Å²) in [6.07, 6.45) is -0.0141. The number of halogens is 1. The van der Waals surface area contributed by atoms with Crippen molar-refractivity contribution in [2.45, 2.75) is 13.3 Å². The van der Waals surface area contributed by atoms with E-state index < -0.39 is 11.6 Å². The molecule has 8 heteroatoms. The van der Waals surface area contributed by atoms with Crippen molar-refractivity contribution in [3.05, 3.63) is 70.3 Å². The Kier molecular flexibility index (Phi) is 4.08. The Morgan fingerprint density at radius 3 is 2.89 bits per heavy atom. The number of nitrogens with zero attached hydrogens (tertiary/aromatic N) is 1. The van der Waals surface area contributed by atoms with E-state index in [4.69, 9.17) is 8.83 Å². The van der Waals surface area contributed by atoms with Crippen molar-refractivity contribution in [2.24, 2.45) is 0 Å². The van der Waals surface area contributed by atoms with E-state index in [2.05, 4.69) is 15.3 Å². The van der Waals surface area contributed by atoms with Gasteiger partial charge in [-0.25, -0.2) is 14.2 Å². The minimum atomic E-state index is -0.559. The molecule has 7 nitrogen and oxygen atoms in total. The molecule has 136 valence electrons. The van der Waals surface area contributed by atoms with Crippen molar-refractivity contribution in [1.29, 1.82) is 0 Å². The molecule has 4 rings (SSSR count). The number of aromatic nitrogens is 2. The van der Waals surface area contributed by atoms with Crippen molar-refractivity contribution in [1.82, 2.24) is 9.97 Å². The van der Waals surface area contributed by atoms with Crippen LogP contribution >= 0.6 is 0 Å². The van der Waals surface area contributed by atoms with Crippen molar-refractivity contribution < 1.29 is 18.0 Å². The molecule has 0 aliphatic carbocycles. The van der Waals surface area contributed by atoms with Gasteiger partial charge in [0.2, 0.25) is 11.8 Å². The van der Waals surface area contributed by atoms with E-state index in [0.29, 0.717) is 33.8 Å². The topological polar surface area (TPSA) is 101 Å². The van der Waals surface area contributed by atoms with Gasteiger partial charge in [0.15, 0.2) is 5.58 Å². The van der Waals surface area contributed by atoms with Gasteiger partial charge in [0, 0.05) is 17.3 Å². The summed E-state index contributed by atoms with van der Waals surface area (Å²) in [5.41, 5.74) is 2.34. The van der Waals surface area contributed by atoms with Crippen LogP contribution in [0.3, 0.4) is 0 Å². The third kappa shape index (κ3) is 3.50. The molecule has 2 heterocycles. The van der Waals surface area contributed by atoms with Gasteiger partial charge in [-0.05, 0) is 37.3 Å². The Hall–Kier alpha value is -3.68. The smallest absolute Gasteiger partial charge is 0.417 e. The molecule has 0 saturated carbocycles. The Labute approximate surface area is 151 Å². The maximum absolute atomic E-state index is 13.4. The number of carbonyl (C=O) groups is 1. The first-order chi connectivity index (χ1) is 13.0. The summed E-state index contributed by atoms with van der Waals surface area (Å²) in [5.74, 6) is -0.526. The fourth-order valence-corrected chi connectivity index (χ4v) is 2.72. The lowest BCUT2D eigenvalue weighted by Gasteiger charge is -2.03. The van der Waals surface area contributed by atoms with Gasteiger partial charge in [-0.3, -0.25) is 9.78 Å². The van der Waals surface area contributed by atoms with Crippen LogP contribution in [0.25, 0.3) is 22.6 Å². The number of benzene rings is 2. The van der Waals surface area contributed by atoms with Gasteiger partial charge in [0.05, 0.1) is 17.6 Å². The average molecular weight is 367 g/mol. The van der Waals surface area contributed by atoms with Crippen molar-refractivity contribution >= 4 is 22.7 Å². The molecule has 0 unspecified atom stereocenters. The predicted octanol–water partition coefficient (Wildman–Crippen LogP) is 3.40. The SMILES string of the molecule is Cc1oc(-c2cccc(F)c2)nc1CC(=O)Nc1ccc2[nH]c(=O)oc2c1. The lowest BCUT2D eigenvalue weighted by Crippen LogP contribution is -2.15. The van der Waals surface area contributed by atoms with Crippen LogP contribution in [0.4, 0.5) is 10.1 Å². The number of fused-ring (bicyclic) bond motifs is 1. The Morgan fingerprint density at radius 2 is 2.07 bits per heavy atom. The lowest BCUT2D eigenvalue weighted by molar-refractivity contribution is -0.115. The molecule has 2 aromatic heterocycles. The third-order valence-corrected chi connectivity index (χ3v) is 4.00. The van der Waals surface area contributed by atoms with Gasteiger partial charge in [0.25, 0.3) is 0 Å². The first kappa shape index (κ1) is 16.8. The Bertz CT molecular complexity index is 1210. The Balaban J connectivity index is 1.51. The van der Waals surface area contributed by atoms with E-state index in [9.17, 15) is 14.0 Å². The summed E-state index contributed by atoms with van der Waals surface area (Å²) in [6, 6.07) is 10.7. The number of anilines is 1. The highest BCUT2D eigenvalue weighted by atomic mass is 19.1. The minimum Gasteiger partial charge on any atom is -0.441 e. The molecule has 0 saturated heterocycles. The molecule has 2 aromatic carbocycles. The first-order valence-electron chi connectivity index (χ1n) is 8.13. The zero-order valence-electron chi connectivity index (χ0n) is 14.2. The summed E-state index contributed by atoms with van der Waals surface area (Å²) >= 11 is 0. The van der Waals surface area contributed by atoms with Crippen molar-refractivity contribution in [2.75, 3.05) is 5.32 Å². The maximum atomic E-state index is 13.4. The molecule has 1 amide bonds. The number of aryl methyl sites for hydroxylation is 1. The van der Waals surface area contributed by atoms with Gasteiger partial charge in [0.1, 0.15) is 11.6 Å². The molecule has 0 aliphatic heterocycles. The van der Waals surface area contributed by atoms with Crippen LogP contribution in [0.1, 0.15) is 11.5 Å². The van der Waals surface area contributed by atoms with E-state index in [1.54, 1.807) is 37.3 Å². The van der Waals surface area contributed by atoms with E-state index in [1.807, 2.05) is 0 Å². The molecule has 0 fully saturated rings. The molecule has 0 bridgehead atoms. The number of oxazole rings is 2. The van der Waals surface area contributed by atoms with Crippen LogP contribution in [-0.2, 0) is 11.2 Å². The number of hydrogen-bond acceptors (Lipinski definition) is 5. The molecular formula is C19H14FN3O4. The third-order valence-electron chi connectivity index (χ3n) is 4.00. The highest BCUT2D eigenvalue weighted by Crippen LogP contribution is 2.23. The second-order valence-electron chi connectivity index (χ2n) is 5.98. The van der Waals surface area contributed by atoms with Gasteiger partial charge >= 0.3 is 5.76 Å². The van der Waals surface area contributed by atoms with Gasteiger partial charge in [-0.15, -0.1) is 0 Å². The van der Waals surface area contributed by atoms with Crippen LogP contribution in [0, 0.1) is 12.7 Å². The fourth-order valence-electron chi connectivity index (χ4n) is 2.72. The summed E-state index contributed by atoms with van der Waals surface area (Å²) in [7, 11) is 0. The predicted molar refractivity (Wildman–Crippen MR) is 95.8 cm³/mol. The van der Waals surface area contributed by atoms with Crippen LogP contribution in [0.2, 0.25) is 0 Å². The zero-order chi connectivity index (χ0) is 19.0. The number of carbonyl (C=O) groups excluding carboxylic acids is 1. The largest absolute Gasteiger partial charge is 0.441 e. The summed E-state index contributed by atoms with van der Waals surface area (Å²) in [4.78, 5) is 30.3. The summed E-state index contributed by atoms with van der Waals surface area (Å²) < 4.78 is 23.9. The average Bonchev–Trinajstić information content (AvgIpc) is 3.16. The monoisotopic (exact) mass is 367 g/mol. The fraction of sp³-hybridized carbons (Fsp3) is 0.105. The van der Waals surface area contributed by atoms with Crippen molar-refractivity contribution in [3.8, 4) is 11.5 Å². The molecule has 27 heavy (non-hydrogen) atoms. The molecule has 0 radical (unpaired) electrons. The first-order valence-corrected chi connectivity index (χ1v) is 8.13. The van der Waals surface area contributed by atoms with Crippen LogP contribution in [0.15, 0.2) is 56.1 Å². The number of nitrogens with one attached hydrogen (secondary N) is 2. The number of rotatable bonds is 4. The van der Waals surface area contributed by atoms with E-state index in [1.165, 1.54) is 12.1 Å². The minimum absolute atomic E-state index is 0.0141. The van der Waals surface area contributed by atoms with Crippen LogP contribution in [-0.4, -0.2) is 15.9 Å².